The maximum atomic E-state index is 12.5. The van der Waals surface area contributed by atoms with Crippen LogP contribution in [0.4, 0.5) is 4.79 Å². The quantitative estimate of drug-likeness (QED) is 0.722. The third kappa shape index (κ3) is 4.55. The number of carbonyl (C=O) groups is 1. The highest BCUT2D eigenvalue weighted by molar-refractivity contribution is 6.30. The predicted octanol–water partition coefficient (Wildman–Crippen LogP) is 4.96. The van der Waals surface area contributed by atoms with E-state index in [1.54, 1.807) is 0 Å². The van der Waals surface area contributed by atoms with E-state index in [9.17, 15) is 4.79 Å². The Balaban J connectivity index is 0.00000240. The molecule has 2 aliphatic rings. The largest absolute Gasteiger partial charge is 0.447 e. The van der Waals surface area contributed by atoms with Crippen LogP contribution in [0.25, 0.3) is 0 Å². The Morgan fingerprint density at radius 3 is 2.48 bits per heavy atom. The van der Waals surface area contributed by atoms with Gasteiger partial charge in [-0.25, -0.2) is 4.79 Å². The standard InChI is InChI=1S/C23H27ClN2O2.ClH/c24-19-8-4-7-18(14-19)23(16-25)11-9-20(10-12-23)26-21(15-28-22(26)27)13-17-5-2-1-3-6-17;/h1-8,14,20-21H,9-13,15-16,25H2;1H/t20?,21-,23?;/m1./s1. The fraction of sp³-hybridized carbons (Fsp3) is 0.435. The van der Waals surface area contributed by atoms with Gasteiger partial charge in [-0.2, -0.15) is 0 Å². The van der Waals surface area contributed by atoms with Gasteiger partial charge in [0.05, 0.1) is 6.04 Å². The molecule has 1 saturated carbocycles. The molecule has 156 valence electrons. The number of halogens is 2. The third-order valence-corrected chi connectivity index (χ3v) is 6.69. The second kappa shape index (κ2) is 9.38. The van der Waals surface area contributed by atoms with Gasteiger partial charge in [-0.15, -0.1) is 12.4 Å². The summed E-state index contributed by atoms with van der Waals surface area (Å²) in [6, 6.07) is 18.7. The number of benzene rings is 2. The number of nitrogens with two attached hydrogens (primary N) is 1. The summed E-state index contributed by atoms with van der Waals surface area (Å²) < 4.78 is 5.43. The minimum Gasteiger partial charge on any atom is -0.447 e. The van der Waals surface area contributed by atoms with Gasteiger partial charge in [0.25, 0.3) is 0 Å². The highest BCUT2D eigenvalue weighted by Gasteiger charge is 2.43. The van der Waals surface area contributed by atoms with Gasteiger partial charge in [-0.1, -0.05) is 54.1 Å². The molecule has 2 N–H and O–H groups in total. The maximum Gasteiger partial charge on any atom is 0.410 e. The molecule has 4 rings (SSSR count). The molecule has 1 amide bonds. The number of cyclic esters (lactones) is 1. The number of amides is 1. The first kappa shape index (κ1) is 21.9. The summed E-state index contributed by atoms with van der Waals surface area (Å²) in [6.07, 6.45) is 4.44. The Labute approximate surface area is 183 Å². The smallest absolute Gasteiger partial charge is 0.410 e. The highest BCUT2D eigenvalue weighted by Crippen LogP contribution is 2.42. The zero-order chi connectivity index (χ0) is 19.6. The Hall–Kier alpha value is -1.75. The van der Waals surface area contributed by atoms with Crippen LogP contribution in [0.15, 0.2) is 54.6 Å². The van der Waals surface area contributed by atoms with Gasteiger partial charge in [0.1, 0.15) is 6.61 Å². The normalized spacial score (nSPS) is 26.7. The number of nitrogens with zero attached hydrogens (tertiary/aromatic N) is 1. The van der Waals surface area contributed by atoms with Crippen LogP contribution in [0.2, 0.25) is 5.02 Å². The summed E-state index contributed by atoms with van der Waals surface area (Å²) in [4.78, 5) is 14.5. The molecular formula is C23H28Cl2N2O2. The minimum atomic E-state index is -0.172. The summed E-state index contributed by atoms with van der Waals surface area (Å²) in [5.74, 6) is 0. The van der Waals surface area contributed by atoms with E-state index in [0.717, 1.165) is 37.1 Å². The average Bonchev–Trinajstić information content (AvgIpc) is 3.09. The van der Waals surface area contributed by atoms with E-state index in [1.807, 2.05) is 41.3 Å². The lowest BCUT2D eigenvalue weighted by atomic mass is 9.68. The number of rotatable bonds is 5. The average molecular weight is 435 g/mol. The molecule has 2 aromatic carbocycles. The van der Waals surface area contributed by atoms with Crippen molar-refractivity contribution < 1.29 is 9.53 Å². The minimum absolute atomic E-state index is 0. The van der Waals surface area contributed by atoms with Crippen LogP contribution in [0.3, 0.4) is 0 Å². The molecule has 0 bridgehead atoms. The maximum absolute atomic E-state index is 12.5. The van der Waals surface area contributed by atoms with Crippen LogP contribution in [-0.2, 0) is 16.6 Å². The molecule has 0 radical (unpaired) electrons. The third-order valence-electron chi connectivity index (χ3n) is 6.45. The fourth-order valence-corrected chi connectivity index (χ4v) is 5.01. The number of hydrogen-bond acceptors (Lipinski definition) is 3. The van der Waals surface area contributed by atoms with E-state index in [2.05, 4.69) is 18.2 Å². The van der Waals surface area contributed by atoms with Crippen molar-refractivity contribution in [2.45, 2.75) is 49.6 Å². The molecule has 0 spiro atoms. The zero-order valence-electron chi connectivity index (χ0n) is 16.4. The van der Waals surface area contributed by atoms with E-state index in [-0.39, 0.29) is 36.0 Å². The summed E-state index contributed by atoms with van der Waals surface area (Å²) >= 11 is 6.22. The van der Waals surface area contributed by atoms with Crippen LogP contribution in [0.5, 0.6) is 0 Å². The van der Waals surface area contributed by atoms with E-state index in [1.165, 1.54) is 11.1 Å². The lowest BCUT2D eigenvalue weighted by Crippen LogP contribution is -2.49. The molecule has 1 saturated heterocycles. The van der Waals surface area contributed by atoms with Crippen molar-refractivity contribution >= 4 is 30.1 Å². The topological polar surface area (TPSA) is 55.6 Å². The molecule has 1 aliphatic carbocycles. The van der Waals surface area contributed by atoms with Gasteiger partial charge in [-0.05, 0) is 55.4 Å². The van der Waals surface area contributed by atoms with E-state index in [4.69, 9.17) is 22.1 Å². The number of hydrogen-bond donors (Lipinski definition) is 1. The van der Waals surface area contributed by atoms with Crippen LogP contribution >= 0.6 is 24.0 Å². The molecule has 2 fully saturated rings. The Kier molecular flexibility index (Phi) is 7.10. The molecule has 2 aromatic rings. The molecule has 0 unspecified atom stereocenters. The van der Waals surface area contributed by atoms with E-state index >= 15 is 0 Å². The van der Waals surface area contributed by atoms with Crippen LogP contribution in [0, 0.1) is 0 Å². The van der Waals surface area contributed by atoms with Crippen LogP contribution < -0.4 is 5.73 Å². The number of carbonyl (C=O) groups excluding carboxylic acids is 1. The van der Waals surface area contributed by atoms with Gasteiger partial charge in [-0.3, -0.25) is 4.90 Å². The Bertz CT molecular complexity index is 823. The molecule has 4 nitrogen and oxygen atoms in total. The predicted molar refractivity (Wildman–Crippen MR) is 119 cm³/mol. The van der Waals surface area contributed by atoms with Crippen molar-refractivity contribution in [2.75, 3.05) is 13.2 Å². The monoisotopic (exact) mass is 434 g/mol. The number of ether oxygens (including phenoxy) is 1. The molecule has 1 heterocycles. The second-order valence-electron chi connectivity index (χ2n) is 8.05. The van der Waals surface area contributed by atoms with Crippen LogP contribution in [-0.4, -0.2) is 36.2 Å². The first-order valence-electron chi connectivity index (χ1n) is 10.1. The van der Waals surface area contributed by atoms with Crippen molar-refractivity contribution in [3.05, 3.63) is 70.7 Å². The highest BCUT2D eigenvalue weighted by atomic mass is 35.5. The summed E-state index contributed by atoms with van der Waals surface area (Å²) in [5.41, 5.74) is 8.62. The first-order chi connectivity index (χ1) is 13.6. The summed E-state index contributed by atoms with van der Waals surface area (Å²) in [5, 5.41) is 0.749. The van der Waals surface area contributed by atoms with Gasteiger partial charge in [0.15, 0.2) is 0 Å². The van der Waals surface area contributed by atoms with Crippen molar-refractivity contribution in [3.8, 4) is 0 Å². The second-order valence-corrected chi connectivity index (χ2v) is 8.49. The molecule has 1 atom stereocenters. The van der Waals surface area contributed by atoms with Crippen molar-refractivity contribution in [2.24, 2.45) is 5.73 Å². The van der Waals surface area contributed by atoms with E-state index < -0.39 is 0 Å². The van der Waals surface area contributed by atoms with Gasteiger partial charge in [0.2, 0.25) is 0 Å². The molecule has 0 aromatic heterocycles. The lowest BCUT2D eigenvalue weighted by molar-refractivity contribution is 0.117. The summed E-state index contributed by atoms with van der Waals surface area (Å²) in [7, 11) is 0. The van der Waals surface area contributed by atoms with Crippen molar-refractivity contribution in [1.82, 2.24) is 4.90 Å². The zero-order valence-corrected chi connectivity index (χ0v) is 18.0. The molecule has 6 heteroatoms. The Morgan fingerprint density at radius 1 is 1.10 bits per heavy atom. The first-order valence-corrected chi connectivity index (χ1v) is 10.4. The van der Waals surface area contributed by atoms with Gasteiger partial charge in [0, 0.05) is 23.0 Å². The molecular weight excluding hydrogens is 407 g/mol. The van der Waals surface area contributed by atoms with Crippen molar-refractivity contribution in [3.63, 3.8) is 0 Å². The van der Waals surface area contributed by atoms with Gasteiger partial charge < -0.3 is 10.5 Å². The molecule has 1 aliphatic heterocycles. The van der Waals surface area contributed by atoms with Gasteiger partial charge >= 0.3 is 6.09 Å². The molecule has 29 heavy (non-hydrogen) atoms. The van der Waals surface area contributed by atoms with E-state index in [0.29, 0.717) is 13.2 Å². The van der Waals surface area contributed by atoms with Crippen LogP contribution in [0.1, 0.15) is 36.8 Å². The Morgan fingerprint density at radius 2 is 1.83 bits per heavy atom. The fourth-order valence-electron chi connectivity index (χ4n) is 4.82. The SMILES string of the molecule is Cl.NCC1(c2cccc(Cl)c2)CCC(N2C(=O)OC[C@H]2Cc2ccccc2)CC1. The lowest BCUT2D eigenvalue weighted by Gasteiger charge is -2.43. The van der Waals surface area contributed by atoms with Crippen molar-refractivity contribution in [1.29, 1.82) is 0 Å². The summed E-state index contributed by atoms with van der Waals surface area (Å²) in [6.45, 7) is 1.07.